The zero-order valence-electron chi connectivity index (χ0n) is 24.6. The van der Waals surface area contributed by atoms with E-state index in [0.29, 0.717) is 46.8 Å². The first-order valence-corrected chi connectivity index (χ1v) is 15.6. The van der Waals surface area contributed by atoms with Crippen molar-refractivity contribution in [3.05, 3.63) is 39.5 Å². The number of nitrogens with zero attached hydrogens (tertiary/aromatic N) is 6. The van der Waals surface area contributed by atoms with Crippen molar-refractivity contribution in [1.82, 2.24) is 20.0 Å². The number of hydrogen-bond acceptors (Lipinski definition) is 9. The Labute approximate surface area is 245 Å². The molecule has 6 rings (SSSR count). The predicted octanol–water partition coefficient (Wildman–Crippen LogP) is 5.63. The van der Waals surface area contributed by atoms with Gasteiger partial charge in [0.2, 0.25) is 0 Å². The lowest BCUT2D eigenvalue weighted by Gasteiger charge is -2.39. The Morgan fingerprint density at radius 2 is 2.07 bits per heavy atom. The molecule has 3 heterocycles. The molecule has 1 spiro atoms. The van der Waals surface area contributed by atoms with Crippen LogP contribution in [0.3, 0.4) is 0 Å². The molecule has 0 unspecified atom stereocenters. The van der Waals surface area contributed by atoms with Crippen molar-refractivity contribution in [2.24, 2.45) is 28.5 Å². The number of aliphatic imine (C=N–C) groups is 1. The smallest absolute Gasteiger partial charge is 0.317 e. The number of aromatic nitrogens is 3. The number of thiophene rings is 1. The average molecular weight is 574 g/mol. The summed E-state index contributed by atoms with van der Waals surface area (Å²) < 4.78 is 12.3. The van der Waals surface area contributed by atoms with Gasteiger partial charge in [-0.25, -0.2) is 9.98 Å². The molecule has 0 saturated heterocycles. The van der Waals surface area contributed by atoms with Crippen molar-refractivity contribution in [1.29, 1.82) is 5.26 Å². The third-order valence-electron chi connectivity index (χ3n) is 9.48. The van der Waals surface area contributed by atoms with Gasteiger partial charge in [-0.2, -0.15) is 10.2 Å². The lowest BCUT2D eigenvalue weighted by atomic mass is 9.62. The molecule has 2 N–H and O–H groups in total. The summed E-state index contributed by atoms with van der Waals surface area (Å²) in [7, 11) is 3.87. The van der Waals surface area contributed by atoms with Gasteiger partial charge in [0.1, 0.15) is 22.9 Å². The highest BCUT2D eigenvalue weighted by Gasteiger charge is 2.48. The summed E-state index contributed by atoms with van der Waals surface area (Å²) in [6.07, 6.45) is 10.2. The molecule has 9 nitrogen and oxygen atoms in total. The summed E-state index contributed by atoms with van der Waals surface area (Å²) in [5.41, 5.74) is 10.3. The van der Waals surface area contributed by atoms with E-state index in [2.05, 4.69) is 36.8 Å². The number of aryl methyl sites for hydroxylation is 1. The summed E-state index contributed by atoms with van der Waals surface area (Å²) in [5, 5.41) is 15.8. The second kappa shape index (κ2) is 10.8. The van der Waals surface area contributed by atoms with Crippen LogP contribution in [0.15, 0.2) is 21.8 Å². The minimum Gasteiger partial charge on any atom is -0.460 e. The highest BCUT2D eigenvalue weighted by atomic mass is 32.1. The van der Waals surface area contributed by atoms with Gasteiger partial charge in [0.05, 0.1) is 17.6 Å². The van der Waals surface area contributed by atoms with Gasteiger partial charge in [0, 0.05) is 42.2 Å². The monoisotopic (exact) mass is 573 g/mol. The third-order valence-corrected chi connectivity index (χ3v) is 10.6. The van der Waals surface area contributed by atoms with E-state index in [1.54, 1.807) is 23.9 Å². The lowest BCUT2D eigenvalue weighted by molar-refractivity contribution is 0.137. The SMILES string of the molecule is C[C@@H]1[C@H](N)[C@H]1C[C@H](C)[C@H](C)Oc1nccc(-c2onc3c2CCC[C@@]32CCCc3sc(N=CN(C)C)c(C#N)c32)n1. The maximum absolute atomic E-state index is 10.3. The molecule has 1 fully saturated rings. The Hall–Kier alpha value is -3.29. The molecule has 216 valence electrons. The fourth-order valence-corrected chi connectivity index (χ4v) is 8.08. The average Bonchev–Trinajstić information content (AvgIpc) is 3.31. The lowest BCUT2D eigenvalue weighted by Crippen LogP contribution is -2.36. The molecular formula is C31H39N7O2S. The van der Waals surface area contributed by atoms with E-state index in [1.807, 2.05) is 25.1 Å². The minimum atomic E-state index is -0.340. The zero-order chi connectivity index (χ0) is 28.9. The summed E-state index contributed by atoms with van der Waals surface area (Å²) >= 11 is 1.64. The molecular weight excluding hydrogens is 534 g/mol. The van der Waals surface area contributed by atoms with Crippen LogP contribution in [-0.2, 0) is 18.3 Å². The zero-order valence-corrected chi connectivity index (χ0v) is 25.4. The van der Waals surface area contributed by atoms with Crippen LogP contribution in [0.1, 0.15) is 80.1 Å². The molecule has 3 aliphatic carbocycles. The van der Waals surface area contributed by atoms with Gasteiger partial charge in [0.15, 0.2) is 5.76 Å². The summed E-state index contributed by atoms with van der Waals surface area (Å²) in [6.45, 7) is 6.49. The molecule has 3 aliphatic rings. The molecule has 0 radical (unpaired) electrons. The van der Waals surface area contributed by atoms with E-state index in [-0.39, 0.29) is 11.5 Å². The molecule has 0 aromatic carbocycles. The first-order chi connectivity index (χ1) is 19.7. The second-order valence-electron chi connectivity index (χ2n) is 12.4. The Morgan fingerprint density at radius 3 is 2.78 bits per heavy atom. The van der Waals surface area contributed by atoms with Gasteiger partial charge in [-0.1, -0.05) is 19.0 Å². The minimum absolute atomic E-state index is 0.0369. The number of ether oxygens (including phenoxy) is 1. The van der Waals surface area contributed by atoms with Gasteiger partial charge in [-0.3, -0.25) is 0 Å². The van der Waals surface area contributed by atoms with E-state index in [9.17, 15) is 5.26 Å². The molecule has 10 heteroatoms. The number of nitrogens with two attached hydrogens (primary N) is 1. The molecule has 6 atom stereocenters. The van der Waals surface area contributed by atoms with Crippen molar-refractivity contribution in [3.63, 3.8) is 0 Å². The van der Waals surface area contributed by atoms with Crippen molar-refractivity contribution in [3.8, 4) is 23.5 Å². The van der Waals surface area contributed by atoms with Crippen molar-refractivity contribution in [2.45, 2.75) is 83.3 Å². The van der Waals surface area contributed by atoms with E-state index in [4.69, 9.17) is 25.1 Å². The van der Waals surface area contributed by atoms with Gasteiger partial charge >= 0.3 is 6.01 Å². The van der Waals surface area contributed by atoms with Crippen LogP contribution in [0.25, 0.3) is 11.5 Å². The van der Waals surface area contributed by atoms with Crippen LogP contribution < -0.4 is 10.5 Å². The summed E-state index contributed by atoms with van der Waals surface area (Å²) in [4.78, 5) is 17.0. The Balaban J connectivity index is 1.31. The second-order valence-corrected chi connectivity index (χ2v) is 13.5. The largest absolute Gasteiger partial charge is 0.460 e. The quantitative estimate of drug-likeness (QED) is 0.271. The fourth-order valence-electron chi connectivity index (χ4n) is 6.85. The first kappa shape index (κ1) is 27.9. The molecule has 0 amide bonds. The molecule has 0 bridgehead atoms. The van der Waals surface area contributed by atoms with Gasteiger partial charge in [0.25, 0.3) is 0 Å². The van der Waals surface area contributed by atoms with Gasteiger partial charge < -0.3 is 19.9 Å². The van der Waals surface area contributed by atoms with E-state index in [0.717, 1.165) is 66.8 Å². The normalized spacial score (nSPS) is 26.3. The topological polar surface area (TPSA) is 126 Å². The van der Waals surface area contributed by atoms with Gasteiger partial charge in [-0.15, -0.1) is 11.3 Å². The Kier molecular flexibility index (Phi) is 7.37. The van der Waals surface area contributed by atoms with Gasteiger partial charge in [-0.05, 0) is 81.3 Å². The van der Waals surface area contributed by atoms with Crippen LogP contribution in [-0.4, -0.2) is 52.6 Å². The maximum Gasteiger partial charge on any atom is 0.317 e. The standard InChI is InChI=1S/C31H39N7O2S/c1-17(14-21-18(2)26(21)33)19(3)39-30-34-13-10-23(36-30)27-20-8-6-11-31(28(20)37-40-27)12-7-9-24-25(31)22(15-32)29(41-24)35-16-38(4)5/h10,13,16-19,21,26H,6-9,11-12,14,33H2,1-5H3/t17-,18-,19-,21-,26-,31-/m0/s1. The summed E-state index contributed by atoms with van der Waals surface area (Å²) in [5.74, 6) is 2.17. The van der Waals surface area contributed by atoms with Crippen LogP contribution in [0.2, 0.25) is 0 Å². The Morgan fingerprint density at radius 1 is 1.32 bits per heavy atom. The molecule has 1 saturated carbocycles. The molecule has 3 aromatic rings. The van der Waals surface area contributed by atoms with Crippen LogP contribution >= 0.6 is 11.3 Å². The van der Waals surface area contributed by atoms with Crippen LogP contribution in [0.5, 0.6) is 6.01 Å². The molecule has 0 aliphatic heterocycles. The predicted molar refractivity (Wildman–Crippen MR) is 160 cm³/mol. The Bertz CT molecular complexity index is 1490. The number of fused-ring (bicyclic) bond motifs is 4. The number of rotatable bonds is 8. The molecule has 3 aromatic heterocycles. The van der Waals surface area contributed by atoms with E-state index < -0.39 is 0 Å². The van der Waals surface area contributed by atoms with Crippen molar-refractivity contribution in [2.75, 3.05) is 14.1 Å². The number of nitriles is 1. The van der Waals surface area contributed by atoms with Crippen LogP contribution in [0, 0.1) is 29.1 Å². The van der Waals surface area contributed by atoms with Crippen LogP contribution in [0.4, 0.5) is 5.00 Å². The van der Waals surface area contributed by atoms with E-state index in [1.165, 1.54) is 4.88 Å². The van der Waals surface area contributed by atoms with Crippen molar-refractivity contribution >= 4 is 22.7 Å². The van der Waals surface area contributed by atoms with Crippen molar-refractivity contribution < 1.29 is 9.26 Å². The highest BCUT2D eigenvalue weighted by Crippen LogP contribution is 2.55. The fraction of sp³-hybridized carbons (Fsp3) is 0.581. The third kappa shape index (κ3) is 4.93. The molecule has 41 heavy (non-hydrogen) atoms. The van der Waals surface area contributed by atoms with E-state index >= 15 is 0 Å². The first-order valence-electron chi connectivity index (χ1n) is 14.7. The highest BCUT2D eigenvalue weighted by molar-refractivity contribution is 7.16. The maximum atomic E-state index is 10.3. The number of hydrogen-bond donors (Lipinski definition) is 1. The summed E-state index contributed by atoms with van der Waals surface area (Å²) in [6, 6.07) is 5.01.